The molecule has 8 aromatic carbocycles. The van der Waals surface area contributed by atoms with Gasteiger partial charge in [0.05, 0.1) is 33.1 Å². The standard InChI is InChI=1S/C50H32N4/c1-6-19-45-38(14-1)39-15-2-7-20-46(39)52(45)35-13-11-12-34(29-35)50-51-44-18-5-10-23-49(44)54(50)37-27-25-33-28-32-24-26-36(30-42(32)43(33)31-37)53-47-21-8-3-16-40(47)41-17-4-9-22-48(41)53/h1-27,29-31H,28H2. The van der Waals surface area contributed by atoms with E-state index in [0.29, 0.717) is 0 Å². The molecular formula is C50H32N4. The maximum atomic E-state index is 5.30. The molecule has 3 aromatic heterocycles. The van der Waals surface area contributed by atoms with Crippen LogP contribution in [0.4, 0.5) is 0 Å². The highest BCUT2D eigenvalue weighted by molar-refractivity contribution is 6.10. The first-order valence-corrected chi connectivity index (χ1v) is 18.6. The number of benzene rings is 8. The van der Waals surface area contributed by atoms with Gasteiger partial charge in [0, 0.05) is 44.2 Å². The molecule has 1 aliphatic carbocycles. The van der Waals surface area contributed by atoms with E-state index in [4.69, 9.17) is 4.98 Å². The summed E-state index contributed by atoms with van der Waals surface area (Å²) in [7, 11) is 0. The van der Waals surface area contributed by atoms with Gasteiger partial charge in [0.2, 0.25) is 0 Å². The van der Waals surface area contributed by atoms with Gasteiger partial charge >= 0.3 is 0 Å². The van der Waals surface area contributed by atoms with Crippen LogP contribution >= 0.6 is 0 Å². The molecule has 0 spiro atoms. The summed E-state index contributed by atoms with van der Waals surface area (Å²) in [5.74, 6) is 0.927. The van der Waals surface area contributed by atoms with Crippen LogP contribution < -0.4 is 0 Å². The second-order valence-electron chi connectivity index (χ2n) is 14.4. The molecule has 0 saturated carbocycles. The molecule has 0 fully saturated rings. The monoisotopic (exact) mass is 688 g/mol. The van der Waals surface area contributed by atoms with Gasteiger partial charge in [-0.2, -0.15) is 0 Å². The minimum absolute atomic E-state index is 0.927. The van der Waals surface area contributed by atoms with Crippen molar-refractivity contribution < 1.29 is 0 Å². The van der Waals surface area contributed by atoms with Gasteiger partial charge in [-0.3, -0.25) is 4.57 Å². The van der Waals surface area contributed by atoms with E-state index in [1.807, 2.05) is 0 Å². The fraction of sp³-hybridized carbons (Fsp3) is 0.0200. The summed E-state index contributed by atoms with van der Waals surface area (Å²) < 4.78 is 7.13. The van der Waals surface area contributed by atoms with Crippen molar-refractivity contribution in [3.8, 4) is 39.6 Å². The molecule has 0 N–H and O–H groups in total. The molecule has 11 aromatic rings. The Morgan fingerprint density at radius 1 is 0.352 bits per heavy atom. The molecule has 12 rings (SSSR count). The van der Waals surface area contributed by atoms with E-state index in [0.717, 1.165) is 40.2 Å². The number of aromatic nitrogens is 4. The van der Waals surface area contributed by atoms with E-state index in [1.165, 1.54) is 71.6 Å². The van der Waals surface area contributed by atoms with Crippen LogP contribution in [0.1, 0.15) is 11.1 Å². The van der Waals surface area contributed by atoms with Gasteiger partial charge in [-0.25, -0.2) is 4.98 Å². The van der Waals surface area contributed by atoms with Crippen molar-refractivity contribution in [2.45, 2.75) is 6.42 Å². The lowest BCUT2D eigenvalue weighted by Gasteiger charge is -2.14. The molecule has 0 amide bonds. The predicted molar refractivity (Wildman–Crippen MR) is 223 cm³/mol. The van der Waals surface area contributed by atoms with Crippen LogP contribution in [-0.2, 0) is 6.42 Å². The third kappa shape index (κ3) is 4.16. The summed E-state index contributed by atoms with van der Waals surface area (Å²) in [6.07, 6.45) is 0.927. The summed E-state index contributed by atoms with van der Waals surface area (Å²) in [5, 5.41) is 5.06. The van der Waals surface area contributed by atoms with Crippen molar-refractivity contribution in [3.05, 3.63) is 193 Å². The molecule has 252 valence electrons. The number of fused-ring (bicyclic) bond motifs is 10. The molecule has 0 bridgehead atoms. The molecule has 1 aliphatic rings. The summed E-state index contributed by atoms with van der Waals surface area (Å²) in [5.41, 5.74) is 16.7. The smallest absolute Gasteiger partial charge is 0.145 e. The summed E-state index contributed by atoms with van der Waals surface area (Å²) >= 11 is 0. The first-order valence-electron chi connectivity index (χ1n) is 18.6. The van der Waals surface area contributed by atoms with Crippen LogP contribution in [0.2, 0.25) is 0 Å². The quantitative estimate of drug-likeness (QED) is 0.181. The zero-order valence-corrected chi connectivity index (χ0v) is 29.3. The van der Waals surface area contributed by atoms with Gasteiger partial charge in [-0.05, 0) is 101 Å². The van der Waals surface area contributed by atoms with Crippen molar-refractivity contribution in [2.75, 3.05) is 0 Å². The lowest BCUT2D eigenvalue weighted by atomic mass is 10.0. The molecule has 0 unspecified atom stereocenters. The average molecular weight is 689 g/mol. The van der Waals surface area contributed by atoms with E-state index in [1.54, 1.807) is 0 Å². The van der Waals surface area contributed by atoms with Crippen LogP contribution in [-0.4, -0.2) is 18.7 Å². The summed E-state index contributed by atoms with van der Waals surface area (Å²) in [6, 6.07) is 66.1. The topological polar surface area (TPSA) is 27.7 Å². The number of hydrogen-bond acceptors (Lipinski definition) is 1. The van der Waals surface area contributed by atoms with Crippen LogP contribution in [0.3, 0.4) is 0 Å². The molecule has 3 heterocycles. The largest absolute Gasteiger partial charge is 0.309 e. The van der Waals surface area contributed by atoms with Crippen molar-refractivity contribution in [1.82, 2.24) is 18.7 Å². The van der Waals surface area contributed by atoms with Gasteiger partial charge in [0.1, 0.15) is 5.82 Å². The Kier molecular flexibility index (Phi) is 6.08. The van der Waals surface area contributed by atoms with E-state index in [9.17, 15) is 0 Å². The maximum absolute atomic E-state index is 5.30. The molecule has 54 heavy (non-hydrogen) atoms. The third-order valence-electron chi connectivity index (χ3n) is 11.5. The first kappa shape index (κ1) is 29.4. The molecule has 0 radical (unpaired) electrons. The van der Waals surface area contributed by atoms with Crippen molar-refractivity contribution in [2.24, 2.45) is 0 Å². The van der Waals surface area contributed by atoms with Crippen molar-refractivity contribution in [1.29, 1.82) is 0 Å². The summed E-state index contributed by atoms with van der Waals surface area (Å²) in [6.45, 7) is 0. The van der Waals surface area contributed by atoms with Gasteiger partial charge in [-0.1, -0.05) is 109 Å². The fourth-order valence-electron chi connectivity index (χ4n) is 9.09. The lowest BCUT2D eigenvalue weighted by molar-refractivity contribution is 1.09. The van der Waals surface area contributed by atoms with Gasteiger partial charge in [0.15, 0.2) is 0 Å². The normalized spacial score (nSPS) is 12.4. The third-order valence-corrected chi connectivity index (χ3v) is 11.5. The second-order valence-corrected chi connectivity index (χ2v) is 14.4. The Bertz CT molecular complexity index is 3210. The zero-order chi connectivity index (χ0) is 35.3. The molecule has 4 heteroatoms. The Labute approximate surface area is 311 Å². The highest BCUT2D eigenvalue weighted by Crippen LogP contribution is 2.42. The second kappa shape index (κ2) is 11.2. The highest BCUT2D eigenvalue weighted by atomic mass is 15.1. The molecule has 0 saturated heterocycles. The highest BCUT2D eigenvalue weighted by Gasteiger charge is 2.23. The fourth-order valence-corrected chi connectivity index (χ4v) is 9.09. The van der Waals surface area contributed by atoms with Gasteiger partial charge in [0.25, 0.3) is 0 Å². The van der Waals surface area contributed by atoms with Crippen LogP contribution in [0.25, 0.3) is 94.2 Å². The van der Waals surface area contributed by atoms with E-state index in [-0.39, 0.29) is 0 Å². The lowest BCUT2D eigenvalue weighted by Crippen LogP contribution is -2.00. The zero-order valence-electron chi connectivity index (χ0n) is 29.3. The minimum Gasteiger partial charge on any atom is -0.309 e. The number of nitrogens with zero attached hydrogens (tertiary/aromatic N) is 4. The van der Waals surface area contributed by atoms with Gasteiger partial charge < -0.3 is 9.13 Å². The van der Waals surface area contributed by atoms with Gasteiger partial charge in [-0.15, -0.1) is 0 Å². The Hall–Kier alpha value is -7.17. The first-order chi connectivity index (χ1) is 26.8. The van der Waals surface area contributed by atoms with Crippen molar-refractivity contribution >= 4 is 54.6 Å². The number of para-hydroxylation sites is 6. The van der Waals surface area contributed by atoms with E-state index < -0.39 is 0 Å². The SMILES string of the molecule is c1cc(-c2nc3ccccc3n2-c2ccc3c(c2)-c2cc(-n4c5ccccc5c5ccccc54)ccc2C3)cc(-n2c3ccccc3c3ccccc32)c1. The van der Waals surface area contributed by atoms with Crippen LogP contribution in [0.5, 0.6) is 0 Å². The molecule has 4 nitrogen and oxygen atoms in total. The molecular weight excluding hydrogens is 657 g/mol. The number of rotatable bonds is 4. The number of hydrogen-bond donors (Lipinski definition) is 0. The predicted octanol–water partition coefficient (Wildman–Crippen LogP) is 12.5. The average Bonchev–Trinajstić information content (AvgIpc) is 3.98. The molecule has 0 atom stereocenters. The number of imidazole rings is 1. The Morgan fingerprint density at radius 2 is 0.796 bits per heavy atom. The Balaban J connectivity index is 1.03. The van der Waals surface area contributed by atoms with Crippen LogP contribution in [0, 0.1) is 0 Å². The Morgan fingerprint density at radius 3 is 1.33 bits per heavy atom. The minimum atomic E-state index is 0.927. The molecule has 0 aliphatic heterocycles. The van der Waals surface area contributed by atoms with E-state index >= 15 is 0 Å². The summed E-state index contributed by atoms with van der Waals surface area (Å²) in [4.78, 5) is 5.30. The van der Waals surface area contributed by atoms with Crippen LogP contribution in [0.15, 0.2) is 182 Å². The maximum Gasteiger partial charge on any atom is 0.145 e. The van der Waals surface area contributed by atoms with Crippen molar-refractivity contribution in [3.63, 3.8) is 0 Å². The van der Waals surface area contributed by atoms with E-state index in [2.05, 4.69) is 196 Å².